The lowest BCUT2D eigenvalue weighted by Crippen LogP contribution is -1.82. The van der Waals surface area contributed by atoms with Gasteiger partial charge in [-0.3, -0.25) is 4.79 Å². The Kier molecular flexibility index (Phi) is 8.09. The van der Waals surface area contributed by atoms with Crippen LogP contribution in [0.15, 0.2) is 11.6 Å². The van der Waals surface area contributed by atoms with Gasteiger partial charge in [-0.2, -0.15) is 0 Å². The number of unbranched alkanes of at least 4 members (excludes halogenated alkanes) is 4. The maximum atomic E-state index is 10.4. The molecule has 0 rings (SSSR count). The van der Waals surface area contributed by atoms with Gasteiger partial charge in [-0.15, -0.1) is 0 Å². The Morgan fingerprint density at radius 2 is 1.92 bits per heavy atom. The molecule has 0 radical (unpaired) electrons. The average molecular weight is 168 g/mol. The average Bonchev–Trinajstić information content (AvgIpc) is 2.11. The highest BCUT2D eigenvalue weighted by molar-refractivity contribution is 5.72. The number of hydrogen-bond acceptors (Lipinski definition) is 1. The van der Waals surface area contributed by atoms with Crippen molar-refractivity contribution in [1.82, 2.24) is 0 Å². The van der Waals surface area contributed by atoms with Gasteiger partial charge in [0.2, 0.25) is 0 Å². The van der Waals surface area contributed by atoms with E-state index in [4.69, 9.17) is 0 Å². The SMILES string of the molecule is CCCCCC/C=C(/C=O)CC. The summed E-state index contributed by atoms with van der Waals surface area (Å²) in [5, 5.41) is 0. The highest BCUT2D eigenvalue weighted by Crippen LogP contribution is 2.05. The van der Waals surface area contributed by atoms with Crippen molar-refractivity contribution in [2.45, 2.75) is 52.4 Å². The van der Waals surface area contributed by atoms with E-state index in [9.17, 15) is 4.79 Å². The minimum absolute atomic E-state index is 0.872. The van der Waals surface area contributed by atoms with Gasteiger partial charge in [-0.25, -0.2) is 0 Å². The molecule has 0 bridgehead atoms. The topological polar surface area (TPSA) is 17.1 Å². The molecular formula is C11H20O. The van der Waals surface area contributed by atoms with E-state index in [-0.39, 0.29) is 0 Å². The van der Waals surface area contributed by atoms with Crippen LogP contribution in [0.2, 0.25) is 0 Å². The van der Waals surface area contributed by atoms with Crippen LogP contribution in [0.3, 0.4) is 0 Å². The van der Waals surface area contributed by atoms with Gasteiger partial charge in [-0.05, 0) is 24.8 Å². The van der Waals surface area contributed by atoms with Gasteiger partial charge in [0.1, 0.15) is 6.29 Å². The normalized spacial score (nSPS) is 11.7. The molecular weight excluding hydrogens is 148 g/mol. The zero-order chi connectivity index (χ0) is 9.23. The number of hydrogen-bond donors (Lipinski definition) is 0. The third kappa shape index (κ3) is 6.14. The molecule has 0 aliphatic carbocycles. The van der Waals surface area contributed by atoms with Gasteiger partial charge < -0.3 is 0 Å². The smallest absolute Gasteiger partial charge is 0.145 e. The summed E-state index contributed by atoms with van der Waals surface area (Å²) < 4.78 is 0. The molecule has 0 aliphatic rings. The quantitative estimate of drug-likeness (QED) is 0.323. The molecule has 0 saturated heterocycles. The third-order valence-electron chi connectivity index (χ3n) is 2.02. The number of carbonyl (C=O) groups excluding carboxylic acids is 1. The number of rotatable bonds is 7. The second-order valence-corrected chi connectivity index (χ2v) is 3.10. The number of allylic oxidation sites excluding steroid dienone is 2. The van der Waals surface area contributed by atoms with Crippen molar-refractivity contribution < 1.29 is 4.79 Å². The summed E-state index contributed by atoms with van der Waals surface area (Å²) in [5.41, 5.74) is 0.950. The van der Waals surface area contributed by atoms with Gasteiger partial charge in [0, 0.05) is 0 Å². The Balaban J connectivity index is 3.37. The van der Waals surface area contributed by atoms with E-state index < -0.39 is 0 Å². The lowest BCUT2D eigenvalue weighted by atomic mass is 10.1. The summed E-state index contributed by atoms with van der Waals surface area (Å²) in [6.07, 6.45) is 10.1. The minimum atomic E-state index is 0.872. The van der Waals surface area contributed by atoms with E-state index in [1.165, 1.54) is 25.7 Å². The fourth-order valence-electron chi connectivity index (χ4n) is 1.13. The predicted octanol–water partition coefficient (Wildman–Crippen LogP) is 3.49. The third-order valence-corrected chi connectivity index (χ3v) is 2.02. The molecule has 0 atom stereocenters. The van der Waals surface area contributed by atoms with Gasteiger partial charge in [0.15, 0.2) is 0 Å². The second-order valence-electron chi connectivity index (χ2n) is 3.10. The Bertz CT molecular complexity index is 136. The summed E-state index contributed by atoms with van der Waals surface area (Å²) in [6, 6.07) is 0. The van der Waals surface area contributed by atoms with Crippen molar-refractivity contribution in [1.29, 1.82) is 0 Å². The molecule has 1 heteroatoms. The Morgan fingerprint density at radius 3 is 2.42 bits per heavy atom. The Morgan fingerprint density at radius 1 is 1.17 bits per heavy atom. The van der Waals surface area contributed by atoms with Crippen LogP contribution in [-0.4, -0.2) is 6.29 Å². The van der Waals surface area contributed by atoms with Crippen molar-refractivity contribution in [3.63, 3.8) is 0 Å². The largest absolute Gasteiger partial charge is 0.298 e. The second kappa shape index (κ2) is 8.51. The molecule has 0 aromatic rings. The molecule has 0 amide bonds. The van der Waals surface area contributed by atoms with Gasteiger partial charge >= 0.3 is 0 Å². The first kappa shape index (κ1) is 11.4. The van der Waals surface area contributed by atoms with Crippen molar-refractivity contribution in [3.8, 4) is 0 Å². The summed E-state index contributed by atoms with van der Waals surface area (Å²) in [7, 11) is 0. The maximum Gasteiger partial charge on any atom is 0.145 e. The van der Waals surface area contributed by atoms with Crippen LogP contribution in [-0.2, 0) is 4.79 Å². The predicted molar refractivity (Wildman–Crippen MR) is 53.2 cm³/mol. The summed E-state index contributed by atoms with van der Waals surface area (Å²) in [5.74, 6) is 0. The fourth-order valence-corrected chi connectivity index (χ4v) is 1.13. The highest BCUT2D eigenvalue weighted by Gasteiger charge is 1.90. The van der Waals surface area contributed by atoms with E-state index in [0.717, 1.165) is 24.7 Å². The minimum Gasteiger partial charge on any atom is -0.298 e. The molecule has 0 aromatic heterocycles. The number of aldehydes is 1. The Labute approximate surface area is 75.9 Å². The van der Waals surface area contributed by atoms with E-state index in [0.29, 0.717) is 0 Å². The first-order chi connectivity index (χ1) is 5.85. The molecule has 0 saturated carbocycles. The van der Waals surface area contributed by atoms with Crippen molar-refractivity contribution in [2.75, 3.05) is 0 Å². The summed E-state index contributed by atoms with van der Waals surface area (Å²) in [6.45, 7) is 4.23. The van der Waals surface area contributed by atoms with Crippen molar-refractivity contribution >= 4 is 6.29 Å². The molecule has 70 valence electrons. The lowest BCUT2D eigenvalue weighted by Gasteiger charge is -1.96. The molecule has 0 unspecified atom stereocenters. The monoisotopic (exact) mass is 168 g/mol. The van der Waals surface area contributed by atoms with Crippen molar-refractivity contribution in [2.24, 2.45) is 0 Å². The van der Waals surface area contributed by atoms with E-state index in [1.807, 2.05) is 6.92 Å². The van der Waals surface area contributed by atoms with E-state index in [2.05, 4.69) is 13.0 Å². The van der Waals surface area contributed by atoms with Crippen LogP contribution in [0, 0.1) is 0 Å². The van der Waals surface area contributed by atoms with Crippen molar-refractivity contribution in [3.05, 3.63) is 11.6 Å². The number of carbonyl (C=O) groups is 1. The van der Waals surface area contributed by atoms with Crippen LogP contribution >= 0.6 is 0 Å². The van der Waals surface area contributed by atoms with E-state index >= 15 is 0 Å². The molecule has 0 N–H and O–H groups in total. The first-order valence-corrected chi connectivity index (χ1v) is 4.99. The lowest BCUT2D eigenvalue weighted by molar-refractivity contribution is -0.105. The van der Waals surface area contributed by atoms with Crippen LogP contribution in [0.5, 0.6) is 0 Å². The molecule has 0 spiro atoms. The van der Waals surface area contributed by atoms with Crippen LogP contribution in [0.1, 0.15) is 52.4 Å². The van der Waals surface area contributed by atoms with Crippen LogP contribution in [0.25, 0.3) is 0 Å². The standard InChI is InChI=1S/C11H20O/c1-3-5-6-7-8-9-11(4-2)10-12/h9-10H,3-8H2,1-2H3/b11-9+. The molecule has 0 heterocycles. The molecule has 12 heavy (non-hydrogen) atoms. The fraction of sp³-hybridized carbons (Fsp3) is 0.727. The molecule has 0 fully saturated rings. The maximum absolute atomic E-state index is 10.4. The van der Waals surface area contributed by atoms with E-state index in [1.54, 1.807) is 0 Å². The molecule has 0 aliphatic heterocycles. The zero-order valence-corrected chi connectivity index (χ0v) is 8.31. The Hall–Kier alpha value is -0.590. The first-order valence-electron chi connectivity index (χ1n) is 4.99. The van der Waals surface area contributed by atoms with Gasteiger partial charge in [0.05, 0.1) is 0 Å². The molecule has 1 nitrogen and oxygen atoms in total. The summed E-state index contributed by atoms with van der Waals surface area (Å²) >= 11 is 0. The van der Waals surface area contributed by atoms with Crippen LogP contribution in [0.4, 0.5) is 0 Å². The summed E-state index contributed by atoms with van der Waals surface area (Å²) in [4.78, 5) is 10.4. The van der Waals surface area contributed by atoms with Gasteiger partial charge in [-0.1, -0.05) is 39.2 Å². The highest BCUT2D eigenvalue weighted by atomic mass is 16.1. The van der Waals surface area contributed by atoms with Gasteiger partial charge in [0.25, 0.3) is 0 Å². The van der Waals surface area contributed by atoms with Crippen LogP contribution < -0.4 is 0 Å². The molecule has 0 aromatic carbocycles. The zero-order valence-electron chi connectivity index (χ0n) is 8.31.